The van der Waals surface area contributed by atoms with Gasteiger partial charge in [0.1, 0.15) is 11.9 Å². The minimum atomic E-state index is -0.629. The number of halogens is 1. The number of carbonyl (C=O) groups excluding carboxylic acids is 1. The van der Waals surface area contributed by atoms with Gasteiger partial charge in [-0.25, -0.2) is 9.18 Å². The largest absolute Gasteiger partial charge is 0.439 e. The standard InChI is InChI=1S/C22H17FN2O2/c23-18-8-4-7-17(13-18)21-20(25-22(26)27-21)19-12-11-16(14-24-19)10-9-15-5-2-1-3-6-15/h2,4-8,11-14,20-21H,1,3H2,(H,25,26). The molecule has 1 aromatic heterocycles. The van der Waals surface area contributed by atoms with E-state index in [1.54, 1.807) is 24.4 Å². The molecule has 2 unspecified atom stereocenters. The van der Waals surface area contributed by atoms with Gasteiger partial charge in [-0.2, -0.15) is 0 Å². The van der Waals surface area contributed by atoms with Gasteiger partial charge in [0, 0.05) is 17.3 Å². The van der Waals surface area contributed by atoms with Gasteiger partial charge >= 0.3 is 6.09 Å². The third kappa shape index (κ3) is 3.90. The number of amides is 1. The van der Waals surface area contributed by atoms with Crippen molar-refractivity contribution in [2.24, 2.45) is 0 Å². The van der Waals surface area contributed by atoms with Crippen LogP contribution in [0.25, 0.3) is 0 Å². The Balaban J connectivity index is 1.55. The first-order valence-corrected chi connectivity index (χ1v) is 8.76. The van der Waals surface area contributed by atoms with Crippen molar-refractivity contribution in [1.29, 1.82) is 0 Å². The molecule has 1 aromatic carbocycles. The van der Waals surface area contributed by atoms with Gasteiger partial charge in [-0.15, -0.1) is 0 Å². The van der Waals surface area contributed by atoms with Crippen molar-refractivity contribution in [1.82, 2.24) is 10.3 Å². The first kappa shape index (κ1) is 17.0. The van der Waals surface area contributed by atoms with Gasteiger partial charge in [-0.05, 0) is 42.7 Å². The summed E-state index contributed by atoms with van der Waals surface area (Å²) in [5.74, 6) is 5.84. The van der Waals surface area contributed by atoms with Crippen molar-refractivity contribution >= 4 is 6.09 Å². The Kier molecular flexibility index (Phi) is 4.71. The van der Waals surface area contributed by atoms with E-state index in [1.165, 1.54) is 12.1 Å². The smallest absolute Gasteiger partial charge is 0.408 e. The Morgan fingerprint density at radius 1 is 1.19 bits per heavy atom. The highest BCUT2D eigenvalue weighted by atomic mass is 19.1. The summed E-state index contributed by atoms with van der Waals surface area (Å²) in [7, 11) is 0. The van der Waals surface area contributed by atoms with E-state index in [2.05, 4.69) is 34.3 Å². The summed E-state index contributed by atoms with van der Waals surface area (Å²) in [5, 5.41) is 2.74. The molecule has 0 saturated carbocycles. The minimum absolute atomic E-state index is 0.376. The fourth-order valence-corrected chi connectivity index (χ4v) is 3.11. The topological polar surface area (TPSA) is 51.2 Å². The van der Waals surface area contributed by atoms with Crippen LogP contribution in [0.1, 0.15) is 41.8 Å². The van der Waals surface area contributed by atoms with E-state index in [1.807, 2.05) is 12.1 Å². The second-order valence-corrected chi connectivity index (χ2v) is 6.36. The lowest BCUT2D eigenvalue weighted by Crippen LogP contribution is -2.20. The fourth-order valence-electron chi connectivity index (χ4n) is 3.11. The number of benzene rings is 1. The van der Waals surface area contributed by atoms with E-state index in [4.69, 9.17) is 4.74 Å². The monoisotopic (exact) mass is 360 g/mol. The molecule has 2 aliphatic rings. The fraction of sp³-hybridized carbons (Fsp3) is 0.182. The minimum Gasteiger partial charge on any atom is -0.439 e. The lowest BCUT2D eigenvalue weighted by Gasteiger charge is -2.16. The molecule has 0 radical (unpaired) electrons. The van der Waals surface area contributed by atoms with Crippen molar-refractivity contribution in [3.63, 3.8) is 0 Å². The SMILES string of the molecule is O=C1NC(c2ccc(C#CC3=CCCC=C3)cn2)C(c2cccc(F)c2)O1. The molecular weight excluding hydrogens is 343 g/mol. The van der Waals surface area contributed by atoms with Crippen molar-refractivity contribution in [3.8, 4) is 11.8 Å². The Bertz CT molecular complexity index is 983. The third-order valence-corrected chi connectivity index (χ3v) is 4.44. The molecule has 2 heterocycles. The number of nitrogens with zero attached hydrogens (tertiary/aromatic N) is 1. The average molecular weight is 360 g/mol. The summed E-state index contributed by atoms with van der Waals surface area (Å²) in [6, 6.07) is 9.22. The third-order valence-electron chi connectivity index (χ3n) is 4.44. The molecule has 1 amide bonds. The van der Waals surface area contributed by atoms with Gasteiger partial charge in [0.05, 0.1) is 5.69 Å². The zero-order chi connectivity index (χ0) is 18.6. The van der Waals surface area contributed by atoms with Crippen molar-refractivity contribution in [3.05, 3.63) is 89.0 Å². The molecule has 4 rings (SSSR count). The number of nitrogens with one attached hydrogen (secondary N) is 1. The Labute approximate surface area is 156 Å². The summed E-state index contributed by atoms with van der Waals surface area (Å²) < 4.78 is 18.9. The molecule has 2 aromatic rings. The van der Waals surface area contributed by atoms with Crippen molar-refractivity contribution in [2.75, 3.05) is 0 Å². The normalized spacial score (nSPS) is 20.9. The first-order valence-electron chi connectivity index (χ1n) is 8.76. The molecule has 1 fully saturated rings. The van der Waals surface area contributed by atoms with Crippen LogP contribution in [0.2, 0.25) is 0 Å². The highest BCUT2D eigenvalue weighted by molar-refractivity contribution is 5.71. The molecule has 2 atom stereocenters. The van der Waals surface area contributed by atoms with Crippen LogP contribution in [-0.2, 0) is 4.74 Å². The maximum Gasteiger partial charge on any atom is 0.408 e. The van der Waals surface area contributed by atoms with Gasteiger partial charge in [0.15, 0.2) is 6.10 Å². The van der Waals surface area contributed by atoms with Gasteiger partial charge in [-0.1, -0.05) is 42.2 Å². The number of ether oxygens (including phenoxy) is 1. The predicted molar refractivity (Wildman–Crippen MR) is 99.1 cm³/mol. The van der Waals surface area contributed by atoms with Crippen LogP contribution in [-0.4, -0.2) is 11.1 Å². The second kappa shape index (κ2) is 7.46. The number of aromatic nitrogens is 1. The number of allylic oxidation sites excluding steroid dienone is 4. The zero-order valence-electron chi connectivity index (χ0n) is 14.5. The maximum absolute atomic E-state index is 13.5. The van der Waals surface area contributed by atoms with E-state index in [9.17, 15) is 9.18 Å². The molecule has 0 spiro atoms. The number of cyclic esters (lactones) is 1. The van der Waals surface area contributed by atoms with Crippen LogP contribution in [0.15, 0.2) is 66.4 Å². The van der Waals surface area contributed by atoms with Gasteiger partial charge in [-0.3, -0.25) is 4.98 Å². The summed E-state index contributed by atoms with van der Waals surface area (Å²) in [4.78, 5) is 16.2. The lowest BCUT2D eigenvalue weighted by molar-refractivity contribution is 0.131. The number of pyridine rings is 1. The molecular formula is C22H17FN2O2. The first-order chi connectivity index (χ1) is 13.2. The van der Waals surface area contributed by atoms with Crippen LogP contribution >= 0.6 is 0 Å². The quantitative estimate of drug-likeness (QED) is 0.809. The van der Waals surface area contributed by atoms with Crippen LogP contribution < -0.4 is 5.32 Å². The van der Waals surface area contributed by atoms with Gasteiger partial charge in [0.2, 0.25) is 0 Å². The van der Waals surface area contributed by atoms with Gasteiger partial charge < -0.3 is 10.1 Å². The van der Waals surface area contributed by atoms with Crippen LogP contribution in [0.5, 0.6) is 0 Å². The Morgan fingerprint density at radius 2 is 2.11 bits per heavy atom. The average Bonchev–Trinajstić information content (AvgIpc) is 3.09. The molecule has 5 heteroatoms. The summed E-state index contributed by atoms with van der Waals surface area (Å²) in [5.41, 5.74) is 3.01. The predicted octanol–water partition coefficient (Wildman–Crippen LogP) is 4.37. The number of carbonyl (C=O) groups is 1. The molecule has 1 saturated heterocycles. The van der Waals surface area contributed by atoms with Crippen LogP contribution in [0, 0.1) is 17.7 Å². The molecule has 0 bridgehead atoms. The summed E-state index contributed by atoms with van der Waals surface area (Å²) in [6.45, 7) is 0. The number of rotatable bonds is 2. The van der Waals surface area contributed by atoms with Crippen LogP contribution in [0.4, 0.5) is 9.18 Å². The highest BCUT2D eigenvalue weighted by Gasteiger charge is 2.37. The van der Waals surface area contributed by atoms with Crippen molar-refractivity contribution < 1.29 is 13.9 Å². The molecule has 4 nitrogen and oxygen atoms in total. The van der Waals surface area contributed by atoms with E-state index >= 15 is 0 Å². The van der Waals surface area contributed by atoms with E-state index in [-0.39, 0.29) is 5.82 Å². The Hall–Kier alpha value is -3.39. The van der Waals surface area contributed by atoms with E-state index in [0.717, 1.165) is 24.0 Å². The van der Waals surface area contributed by atoms with E-state index in [0.29, 0.717) is 11.3 Å². The zero-order valence-corrected chi connectivity index (χ0v) is 14.5. The molecule has 1 N–H and O–H groups in total. The van der Waals surface area contributed by atoms with Crippen molar-refractivity contribution in [2.45, 2.75) is 25.0 Å². The molecule has 1 aliphatic carbocycles. The number of hydrogen-bond donors (Lipinski definition) is 1. The van der Waals surface area contributed by atoms with Crippen LogP contribution in [0.3, 0.4) is 0 Å². The Morgan fingerprint density at radius 3 is 2.85 bits per heavy atom. The number of hydrogen-bond acceptors (Lipinski definition) is 3. The van der Waals surface area contributed by atoms with Gasteiger partial charge in [0.25, 0.3) is 0 Å². The maximum atomic E-state index is 13.5. The summed E-state index contributed by atoms with van der Waals surface area (Å²) >= 11 is 0. The van der Waals surface area contributed by atoms with E-state index < -0.39 is 18.2 Å². The highest BCUT2D eigenvalue weighted by Crippen LogP contribution is 2.35. The summed E-state index contributed by atoms with van der Waals surface area (Å²) in [6.07, 6.45) is 8.82. The molecule has 134 valence electrons. The lowest BCUT2D eigenvalue weighted by atomic mass is 9.99. The number of alkyl carbamates (subject to hydrolysis) is 1. The molecule has 27 heavy (non-hydrogen) atoms. The molecule has 1 aliphatic heterocycles. The second-order valence-electron chi connectivity index (χ2n) is 6.36.